The minimum absolute atomic E-state index is 0. The fourth-order valence-corrected chi connectivity index (χ4v) is 2.77. The summed E-state index contributed by atoms with van der Waals surface area (Å²) < 4.78 is 38.8. The number of carbonyl (C=O) groups is 2. The van der Waals surface area contributed by atoms with Crippen molar-refractivity contribution < 1.29 is 27.9 Å². The van der Waals surface area contributed by atoms with Crippen LogP contribution in [0.1, 0.15) is 33.6 Å². The van der Waals surface area contributed by atoms with E-state index >= 15 is 0 Å². The second-order valence-corrected chi connectivity index (χ2v) is 5.92. The highest BCUT2D eigenvalue weighted by atomic mass is 35.5. The van der Waals surface area contributed by atoms with Crippen LogP contribution in [0.4, 0.5) is 13.2 Å². The third-order valence-electron chi connectivity index (χ3n) is 4.12. The van der Waals surface area contributed by atoms with Gasteiger partial charge in [-0.3, -0.25) is 14.5 Å². The lowest BCUT2D eigenvalue weighted by Gasteiger charge is -2.25. The SMILES string of the molecule is CCCC(C)NC(=O)C(C)N1C[C@@H](C(F)(F)F)[C@H](C(=O)O)C1.Cl. The first-order valence-electron chi connectivity index (χ1n) is 7.41. The van der Waals surface area contributed by atoms with Crippen molar-refractivity contribution in [2.45, 2.75) is 51.9 Å². The van der Waals surface area contributed by atoms with Crippen molar-refractivity contribution in [2.24, 2.45) is 11.8 Å². The highest BCUT2D eigenvalue weighted by Gasteiger charge is 2.53. The number of nitrogens with zero attached hydrogens (tertiary/aromatic N) is 1. The Morgan fingerprint density at radius 2 is 1.87 bits per heavy atom. The van der Waals surface area contributed by atoms with Crippen LogP contribution in [-0.4, -0.2) is 53.2 Å². The molecule has 1 amide bonds. The molecule has 5 nitrogen and oxygen atoms in total. The molecular formula is C14H24ClF3N2O3. The first kappa shape index (κ1) is 22.0. The number of likely N-dealkylation sites (tertiary alicyclic amines) is 1. The lowest BCUT2D eigenvalue weighted by molar-refractivity contribution is -0.188. The Labute approximate surface area is 140 Å². The van der Waals surface area contributed by atoms with Crippen LogP contribution in [0.15, 0.2) is 0 Å². The first-order chi connectivity index (χ1) is 10.1. The molecule has 0 aromatic heterocycles. The third kappa shape index (κ3) is 5.84. The third-order valence-corrected chi connectivity index (χ3v) is 4.12. The van der Waals surface area contributed by atoms with Gasteiger partial charge in [0.1, 0.15) is 0 Å². The molecule has 1 rings (SSSR count). The van der Waals surface area contributed by atoms with E-state index in [9.17, 15) is 22.8 Å². The largest absolute Gasteiger partial charge is 0.481 e. The van der Waals surface area contributed by atoms with Gasteiger partial charge in [-0.1, -0.05) is 13.3 Å². The maximum absolute atomic E-state index is 12.9. The standard InChI is InChI=1S/C14H23F3N2O3.ClH/c1-4-5-8(2)18-12(20)9(3)19-6-10(13(21)22)11(7-19)14(15,16)17;/h8-11H,4-7H2,1-3H3,(H,18,20)(H,21,22);1H/t8?,9?,10-,11-;/m1./s1. The van der Waals surface area contributed by atoms with Crippen molar-refractivity contribution in [3.8, 4) is 0 Å². The van der Waals surface area contributed by atoms with E-state index in [1.165, 1.54) is 11.8 Å². The second-order valence-electron chi connectivity index (χ2n) is 5.92. The van der Waals surface area contributed by atoms with E-state index in [1.54, 1.807) is 0 Å². The number of hydrogen-bond donors (Lipinski definition) is 2. The van der Waals surface area contributed by atoms with Crippen LogP contribution in [0.2, 0.25) is 0 Å². The molecule has 0 saturated carbocycles. The van der Waals surface area contributed by atoms with Crippen molar-refractivity contribution >= 4 is 24.3 Å². The molecule has 1 fully saturated rings. The lowest BCUT2D eigenvalue weighted by Crippen LogP contribution is -2.47. The molecule has 0 bridgehead atoms. The maximum atomic E-state index is 12.9. The molecule has 0 spiro atoms. The van der Waals surface area contributed by atoms with Gasteiger partial charge in [0.2, 0.25) is 5.91 Å². The van der Waals surface area contributed by atoms with Crippen molar-refractivity contribution in [3.05, 3.63) is 0 Å². The minimum Gasteiger partial charge on any atom is -0.481 e. The molecule has 136 valence electrons. The van der Waals surface area contributed by atoms with E-state index in [2.05, 4.69) is 5.32 Å². The molecule has 1 aliphatic rings. The fourth-order valence-electron chi connectivity index (χ4n) is 2.77. The number of aliphatic carboxylic acids is 1. The van der Waals surface area contributed by atoms with Crippen LogP contribution in [0, 0.1) is 11.8 Å². The molecule has 1 saturated heterocycles. The Morgan fingerprint density at radius 1 is 1.30 bits per heavy atom. The van der Waals surface area contributed by atoms with Crippen LogP contribution in [0.5, 0.6) is 0 Å². The first-order valence-corrected chi connectivity index (χ1v) is 7.41. The highest BCUT2D eigenvalue weighted by Crippen LogP contribution is 2.38. The average Bonchev–Trinajstić information content (AvgIpc) is 2.82. The minimum atomic E-state index is -4.58. The van der Waals surface area contributed by atoms with Gasteiger partial charge in [0.25, 0.3) is 0 Å². The molecule has 2 N–H and O–H groups in total. The Morgan fingerprint density at radius 3 is 2.26 bits per heavy atom. The van der Waals surface area contributed by atoms with E-state index in [1.807, 2.05) is 13.8 Å². The number of nitrogens with one attached hydrogen (secondary N) is 1. The van der Waals surface area contributed by atoms with Gasteiger partial charge in [0.15, 0.2) is 0 Å². The summed E-state index contributed by atoms with van der Waals surface area (Å²) in [4.78, 5) is 24.4. The van der Waals surface area contributed by atoms with Gasteiger partial charge < -0.3 is 10.4 Å². The van der Waals surface area contributed by atoms with Gasteiger partial charge in [0.05, 0.1) is 17.9 Å². The maximum Gasteiger partial charge on any atom is 0.393 e. The van der Waals surface area contributed by atoms with Gasteiger partial charge in [0, 0.05) is 19.1 Å². The van der Waals surface area contributed by atoms with Crippen LogP contribution < -0.4 is 5.32 Å². The average molecular weight is 361 g/mol. The summed E-state index contributed by atoms with van der Waals surface area (Å²) in [6.07, 6.45) is -2.92. The quantitative estimate of drug-likeness (QED) is 0.762. The molecule has 0 aromatic rings. The number of rotatable bonds is 6. The Bertz CT molecular complexity index is 421. The molecular weight excluding hydrogens is 337 g/mol. The number of carboxylic acids is 1. The Balaban J connectivity index is 0.00000484. The number of alkyl halides is 3. The van der Waals surface area contributed by atoms with Crippen molar-refractivity contribution in [1.82, 2.24) is 10.2 Å². The smallest absolute Gasteiger partial charge is 0.393 e. The van der Waals surface area contributed by atoms with Gasteiger partial charge in [-0.25, -0.2) is 0 Å². The summed E-state index contributed by atoms with van der Waals surface area (Å²) in [6, 6.07) is -0.843. The van der Waals surface area contributed by atoms with Gasteiger partial charge in [-0.05, 0) is 20.3 Å². The number of halogens is 4. The number of hydrogen-bond acceptors (Lipinski definition) is 3. The normalized spacial score (nSPS) is 24.6. The van der Waals surface area contributed by atoms with Crippen molar-refractivity contribution in [3.63, 3.8) is 0 Å². The zero-order valence-electron chi connectivity index (χ0n) is 13.4. The number of carboxylic acid groups (broad SMARTS) is 1. The highest BCUT2D eigenvalue weighted by molar-refractivity contribution is 5.85. The predicted molar refractivity (Wildman–Crippen MR) is 81.5 cm³/mol. The van der Waals surface area contributed by atoms with Gasteiger partial charge in [-0.15, -0.1) is 12.4 Å². The lowest BCUT2D eigenvalue weighted by atomic mass is 9.96. The summed E-state index contributed by atoms with van der Waals surface area (Å²) in [5, 5.41) is 11.7. The van der Waals surface area contributed by atoms with Crippen molar-refractivity contribution in [1.29, 1.82) is 0 Å². The zero-order valence-corrected chi connectivity index (χ0v) is 14.2. The molecule has 23 heavy (non-hydrogen) atoms. The van der Waals surface area contributed by atoms with E-state index in [-0.39, 0.29) is 30.9 Å². The summed E-state index contributed by atoms with van der Waals surface area (Å²) >= 11 is 0. The van der Waals surface area contributed by atoms with E-state index in [0.29, 0.717) is 0 Å². The van der Waals surface area contributed by atoms with Gasteiger partial charge >= 0.3 is 12.1 Å². The summed E-state index contributed by atoms with van der Waals surface area (Å²) in [6.45, 7) is 4.58. The number of carbonyl (C=O) groups excluding carboxylic acids is 1. The summed E-state index contributed by atoms with van der Waals surface area (Å²) in [7, 11) is 0. The monoisotopic (exact) mass is 360 g/mol. The Kier molecular flexibility index (Phi) is 8.34. The molecule has 2 unspecified atom stereocenters. The predicted octanol–water partition coefficient (Wildman–Crippen LogP) is 2.30. The molecule has 0 radical (unpaired) electrons. The zero-order chi connectivity index (χ0) is 17.1. The molecule has 1 heterocycles. The van der Waals surface area contributed by atoms with E-state index in [4.69, 9.17) is 5.11 Å². The van der Waals surface area contributed by atoms with Crippen LogP contribution >= 0.6 is 12.4 Å². The summed E-state index contributed by atoms with van der Waals surface area (Å²) in [5.74, 6) is -5.30. The topological polar surface area (TPSA) is 69.6 Å². The fraction of sp³-hybridized carbons (Fsp3) is 0.857. The molecule has 4 atom stereocenters. The van der Waals surface area contributed by atoms with Gasteiger partial charge in [-0.2, -0.15) is 13.2 Å². The summed E-state index contributed by atoms with van der Waals surface area (Å²) in [5.41, 5.74) is 0. The Hall–Kier alpha value is -1.02. The molecule has 0 aromatic carbocycles. The van der Waals surface area contributed by atoms with E-state index < -0.39 is 36.6 Å². The molecule has 9 heteroatoms. The molecule has 0 aliphatic carbocycles. The molecule has 1 aliphatic heterocycles. The van der Waals surface area contributed by atoms with Crippen LogP contribution in [0.3, 0.4) is 0 Å². The van der Waals surface area contributed by atoms with E-state index in [0.717, 1.165) is 12.8 Å². The second kappa shape index (κ2) is 8.73. The number of amides is 1. The van der Waals surface area contributed by atoms with Crippen molar-refractivity contribution in [2.75, 3.05) is 13.1 Å². The van der Waals surface area contributed by atoms with Crippen LogP contribution in [0.25, 0.3) is 0 Å². The van der Waals surface area contributed by atoms with Crippen LogP contribution in [-0.2, 0) is 9.59 Å².